The molecule has 3 N–H and O–H groups in total. The topological polar surface area (TPSA) is 79.8 Å². The summed E-state index contributed by atoms with van der Waals surface area (Å²) in [6.07, 6.45) is 0. The van der Waals surface area contributed by atoms with Crippen molar-refractivity contribution < 1.29 is 19.4 Å². The minimum Gasteiger partial charge on any atom is -0.504 e. The summed E-state index contributed by atoms with van der Waals surface area (Å²) in [5.74, 6) is -0.801. The summed E-state index contributed by atoms with van der Waals surface area (Å²) in [6.45, 7) is 5.88. The number of carbonyl (C=O) groups is 1. The van der Waals surface area contributed by atoms with E-state index in [-0.39, 0.29) is 12.4 Å². The van der Waals surface area contributed by atoms with Crippen molar-refractivity contribution in [3.05, 3.63) is 34.4 Å². The van der Waals surface area contributed by atoms with Crippen LogP contribution in [0.3, 0.4) is 0 Å². The van der Waals surface area contributed by atoms with Gasteiger partial charge in [-0.05, 0) is 36.8 Å². The zero-order valence-electron chi connectivity index (χ0n) is 12.7. The van der Waals surface area contributed by atoms with E-state index >= 15 is 0 Å². The highest BCUT2D eigenvalue weighted by molar-refractivity contribution is 9.10. The first kappa shape index (κ1) is 17.6. The molecule has 0 aromatic heterocycles. The van der Waals surface area contributed by atoms with Gasteiger partial charge in [-0.1, -0.05) is 22.5 Å². The molecule has 8 heteroatoms. The number of aromatic hydroxyl groups is 1. The molecule has 0 saturated carbocycles. The number of methoxy groups -OCH3 is 1. The van der Waals surface area contributed by atoms with Crippen molar-refractivity contribution in [3.8, 4) is 11.5 Å². The Morgan fingerprint density at radius 2 is 2.22 bits per heavy atom. The molecule has 1 saturated heterocycles. The molecule has 23 heavy (non-hydrogen) atoms. The summed E-state index contributed by atoms with van der Waals surface area (Å²) in [5.41, 5.74) is 1.15. The summed E-state index contributed by atoms with van der Waals surface area (Å²) in [6, 6.07) is 2.65. The number of nitrogens with one attached hydrogen (secondary N) is 2. The Balaban J connectivity index is 2.49. The highest BCUT2D eigenvalue weighted by Gasteiger charge is 2.38. The summed E-state index contributed by atoms with van der Waals surface area (Å²) in [7, 11) is 1.45. The van der Waals surface area contributed by atoms with Crippen LogP contribution in [-0.2, 0) is 9.53 Å². The molecule has 2 rings (SSSR count). The van der Waals surface area contributed by atoms with Gasteiger partial charge in [0.25, 0.3) is 0 Å². The fourth-order valence-electron chi connectivity index (χ4n) is 2.41. The number of thiocarbonyl (C=S) groups is 1. The average Bonchev–Trinajstić information content (AvgIpc) is 2.46. The van der Waals surface area contributed by atoms with Gasteiger partial charge in [-0.25, -0.2) is 0 Å². The summed E-state index contributed by atoms with van der Waals surface area (Å²) >= 11 is 8.56. The molecule has 0 radical (unpaired) electrons. The average molecular weight is 401 g/mol. The van der Waals surface area contributed by atoms with Crippen LogP contribution in [0.4, 0.5) is 0 Å². The molecular formula is C15H17BrN2O4S. The second-order valence-corrected chi connectivity index (χ2v) is 6.14. The Morgan fingerprint density at radius 3 is 2.83 bits per heavy atom. The van der Waals surface area contributed by atoms with Gasteiger partial charge in [-0.15, -0.1) is 0 Å². The van der Waals surface area contributed by atoms with Gasteiger partial charge in [0.15, 0.2) is 16.6 Å². The summed E-state index contributed by atoms with van der Waals surface area (Å²) < 4.78 is 10.9. The zero-order chi connectivity index (χ0) is 17.1. The van der Waals surface area contributed by atoms with Crippen LogP contribution in [0.2, 0.25) is 0 Å². The highest BCUT2D eigenvalue weighted by atomic mass is 79.9. The van der Waals surface area contributed by atoms with E-state index in [4.69, 9.17) is 21.7 Å². The lowest BCUT2D eigenvalue weighted by Crippen LogP contribution is -2.51. The molecule has 0 unspecified atom stereocenters. The van der Waals surface area contributed by atoms with Crippen LogP contribution in [0.1, 0.15) is 18.5 Å². The Morgan fingerprint density at radius 1 is 1.52 bits per heavy atom. The van der Waals surface area contributed by atoms with Gasteiger partial charge >= 0.3 is 5.97 Å². The summed E-state index contributed by atoms with van der Waals surface area (Å²) in [5, 5.41) is 16.1. The third-order valence-corrected chi connectivity index (χ3v) is 4.35. The van der Waals surface area contributed by atoms with E-state index < -0.39 is 17.9 Å². The van der Waals surface area contributed by atoms with Gasteiger partial charge < -0.3 is 25.2 Å². The van der Waals surface area contributed by atoms with Crippen molar-refractivity contribution in [2.45, 2.75) is 13.0 Å². The largest absolute Gasteiger partial charge is 0.504 e. The van der Waals surface area contributed by atoms with Gasteiger partial charge in [-0.3, -0.25) is 4.79 Å². The number of rotatable bonds is 4. The second-order valence-electron chi connectivity index (χ2n) is 4.88. The third kappa shape index (κ3) is 3.59. The molecule has 1 heterocycles. The minimum atomic E-state index is -0.674. The molecule has 0 bridgehead atoms. The molecule has 0 spiro atoms. The maximum Gasteiger partial charge on any atom is 0.317 e. The van der Waals surface area contributed by atoms with Gasteiger partial charge in [0, 0.05) is 10.2 Å². The number of halogens is 1. The normalized spacial score (nSPS) is 20.5. The second kappa shape index (κ2) is 7.18. The molecule has 1 aromatic carbocycles. The molecule has 124 valence electrons. The number of phenols is 1. The fraction of sp³-hybridized carbons (Fsp3) is 0.333. The van der Waals surface area contributed by atoms with Gasteiger partial charge in [0.05, 0.1) is 19.8 Å². The highest BCUT2D eigenvalue weighted by Crippen LogP contribution is 2.40. The van der Waals surface area contributed by atoms with Crippen LogP contribution >= 0.6 is 28.1 Å². The van der Waals surface area contributed by atoms with E-state index in [0.717, 1.165) is 0 Å². The first-order chi connectivity index (χ1) is 10.9. The van der Waals surface area contributed by atoms with Gasteiger partial charge in [0.2, 0.25) is 0 Å². The lowest BCUT2D eigenvalue weighted by Gasteiger charge is -2.35. The first-order valence-electron chi connectivity index (χ1n) is 6.88. The van der Waals surface area contributed by atoms with E-state index in [1.54, 1.807) is 13.0 Å². The van der Waals surface area contributed by atoms with E-state index in [9.17, 15) is 9.90 Å². The van der Waals surface area contributed by atoms with Crippen LogP contribution in [-0.4, -0.2) is 29.9 Å². The monoisotopic (exact) mass is 400 g/mol. The van der Waals surface area contributed by atoms with Crippen molar-refractivity contribution in [1.82, 2.24) is 10.6 Å². The molecule has 6 nitrogen and oxygen atoms in total. The SMILES string of the molecule is C=C1NC(=S)N[C@H](c2cc(OC)c(O)cc2Br)[C@H]1C(=O)OCC. The van der Waals surface area contributed by atoms with Gasteiger partial charge in [-0.2, -0.15) is 0 Å². The molecule has 1 aliphatic rings. The molecule has 0 amide bonds. The lowest BCUT2D eigenvalue weighted by molar-refractivity contribution is -0.147. The predicted molar refractivity (Wildman–Crippen MR) is 93.2 cm³/mol. The molecular weight excluding hydrogens is 384 g/mol. The first-order valence-corrected chi connectivity index (χ1v) is 8.08. The Hall–Kier alpha value is -1.80. The number of hydrogen-bond donors (Lipinski definition) is 3. The van der Waals surface area contributed by atoms with Crippen LogP contribution in [0.25, 0.3) is 0 Å². The predicted octanol–water partition coefficient (Wildman–Crippen LogP) is 2.38. The van der Waals surface area contributed by atoms with Crippen LogP contribution in [0, 0.1) is 5.92 Å². The number of esters is 1. The Bertz CT molecular complexity index is 665. The number of phenolic OH excluding ortho intramolecular Hbond substituents is 1. The molecule has 1 fully saturated rings. The van der Waals surface area contributed by atoms with Crippen molar-refractivity contribution in [2.24, 2.45) is 5.92 Å². The number of benzene rings is 1. The van der Waals surface area contributed by atoms with E-state index in [1.165, 1.54) is 13.2 Å². The van der Waals surface area contributed by atoms with E-state index in [0.29, 0.717) is 26.6 Å². The summed E-state index contributed by atoms with van der Waals surface area (Å²) in [4.78, 5) is 12.3. The van der Waals surface area contributed by atoms with Crippen LogP contribution in [0.15, 0.2) is 28.9 Å². The van der Waals surface area contributed by atoms with Crippen molar-refractivity contribution in [2.75, 3.05) is 13.7 Å². The van der Waals surface area contributed by atoms with Crippen molar-refractivity contribution in [1.29, 1.82) is 0 Å². The lowest BCUT2D eigenvalue weighted by atomic mass is 9.89. The molecule has 0 aliphatic carbocycles. The smallest absolute Gasteiger partial charge is 0.317 e. The van der Waals surface area contributed by atoms with Gasteiger partial charge in [0.1, 0.15) is 5.92 Å². The quantitative estimate of drug-likeness (QED) is 0.528. The maximum atomic E-state index is 12.3. The number of ether oxygens (including phenoxy) is 2. The minimum absolute atomic E-state index is 0.00820. The van der Waals surface area contributed by atoms with Crippen molar-refractivity contribution in [3.63, 3.8) is 0 Å². The molecule has 1 aromatic rings. The van der Waals surface area contributed by atoms with E-state index in [1.807, 2.05) is 0 Å². The molecule has 1 aliphatic heterocycles. The van der Waals surface area contributed by atoms with Crippen molar-refractivity contribution >= 4 is 39.2 Å². The molecule has 2 atom stereocenters. The van der Waals surface area contributed by atoms with Crippen LogP contribution in [0.5, 0.6) is 11.5 Å². The zero-order valence-corrected chi connectivity index (χ0v) is 15.1. The number of hydrogen-bond acceptors (Lipinski definition) is 5. The van der Waals surface area contributed by atoms with E-state index in [2.05, 4.69) is 33.1 Å². The maximum absolute atomic E-state index is 12.3. The third-order valence-electron chi connectivity index (χ3n) is 3.44. The Kier molecular flexibility index (Phi) is 5.48. The van der Waals surface area contributed by atoms with Crippen LogP contribution < -0.4 is 15.4 Å². The fourth-order valence-corrected chi connectivity index (χ4v) is 3.25. The standard InChI is InChI=1S/C15H17BrN2O4S/c1-4-22-14(20)12-7(2)17-15(23)18-13(12)8-5-11(21-3)10(19)6-9(8)16/h5-6,12-13,19H,2,4H2,1,3H3,(H2,17,18,23)/t12-,13+/m0/s1. The Labute approximate surface area is 148 Å². The number of carbonyl (C=O) groups excluding carboxylic acids is 1.